The minimum Gasteiger partial charge on any atom is -0.368 e. The van der Waals surface area contributed by atoms with E-state index >= 15 is 0 Å². The average Bonchev–Trinajstić information content (AvgIpc) is 2.90. The van der Waals surface area contributed by atoms with E-state index in [0.717, 1.165) is 24.3 Å². The van der Waals surface area contributed by atoms with Crippen molar-refractivity contribution < 1.29 is 4.79 Å². The van der Waals surface area contributed by atoms with Gasteiger partial charge in [0, 0.05) is 49.5 Å². The van der Waals surface area contributed by atoms with Crippen LogP contribution < -0.4 is 16.0 Å². The maximum absolute atomic E-state index is 13.1. The van der Waals surface area contributed by atoms with Gasteiger partial charge >= 0.3 is 11.1 Å². The number of rotatable bonds is 4. The third-order valence-corrected chi connectivity index (χ3v) is 6.82. The molecule has 0 aliphatic carbocycles. The van der Waals surface area contributed by atoms with Gasteiger partial charge in [-0.1, -0.05) is 35.9 Å². The van der Waals surface area contributed by atoms with Crippen LogP contribution in [0.2, 0.25) is 5.02 Å². The molecule has 1 amide bonds. The molecule has 0 saturated carbocycles. The molecule has 0 bridgehead atoms. The summed E-state index contributed by atoms with van der Waals surface area (Å²) >= 11 is 5.98. The largest absolute Gasteiger partial charge is 0.368 e. The fourth-order valence-corrected chi connectivity index (χ4v) is 4.67. The van der Waals surface area contributed by atoms with Gasteiger partial charge in [-0.2, -0.15) is 0 Å². The number of benzene rings is 3. The molecule has 8 heteroatoms. The highest BCUT2D eigenvalue weighted by Gasteiger charge is 2.22. The lowest BCUT2D eigenvalue weighted by molar-refractivity contribution is 0.0747. The molecule has 1 aliphatic heterocycles. The van der Waals surface area contributed by atoms with Gasteiger partial charge < -0.3 is 14.4 Å². The number of nitrogens with zero attached hydrogens (tertiary/aromatic N) is 4. The SMILES string of the molecule is Cn1c(=O)c(=O)n(Cc2ccc(C(=O)N3CCN(c4ccc(Cl)cc4)CC3)cc2)c2ccccc21. The van der Waals surface area contributed by atoms with Gasteiger partial charge in [-0.15, -0.1) is 0 Å². The Hall–Kier alpha value is -3.84. The van der Waals surface area contributed by atoms with E-state index in [4.69, 9.17) is 11.6 Å². The molecule has 0 N–H and O–H groups in total. The van der Waals surface area contributed by atoms with E-state index in [2.05, 4.69) is 4.90 Å². The number of piperazine rings is 1. The molecule has 5 rings (SSSR count). The number of para-hydroxylation sites is 2. The number of anilines is 1. The van der Waals surface area contributed by atoms with Gasteiger partial charge in [-0.25, -0.2) is 0 Å². The standard InChI is InChI=1S/C27H25ClN4O3/c1-29-23-4-2-3-5-24(23)32(27(35)26(29)34)18-19-6-8-20(9-7-19)25(33)31-16-14-30(15-17-31)22-12-10-21(28)11-13-22/h2-13H,14-18H2,1H3. The molecule has 3 aromatic carbocycles. The van der Waals surface area contributed by atoms with Gasteiger partial charge in [0.2, 0.25) is 0 Å². The van der Waals surface area contributed by atoms with Crippen LogP contribution in [-0.2, 0) is 13.6 Å². The number of halogens is 1. The Morgan fingerprint density at radius 3 is 2.09 bits per heavy atom. The first-order valence-electron chi connectivity index (χ1n) is 11.5. The molecule has 1 aliphatic rings. The molecular formula is C27H25ClN4O3. The first kappa shape index (κ1) is 22.9. The van der Waals surface area contributed by atoms with E-state index < -0.39 is 11.1 Å². The normalized spacial score (nSPS) is 13.9. The molecule has 0 radical (unpaired) electrons. The van der Waals surface area contributed by atoms with Crippen LogP contribution in [0.25, 0.3) is 11.0 Å². The maximum Gasteiger partial charge on any atom is 0.317 e. The maximum atomic E-state index is 13.1. The fourth-order valence-electron chi connectivity index (χ4n) is 4.55. The van der Waals surface area contributed by atoms with Crippen LogP contribution in [0, 0.1) is 0 Å². The third kappa shape index (κ3) is 4.47. The Labute approximate surface area is 207 Å². The predicted molar refractivity (Wildman–Crippen MR) is 139 cm³/mol. The zero-order chi connectivity index (χ0) is 24.5. The number of amides is 1. The third-order valence-electron chi connectivity index (χ3n) is 6.57. The quantitative estimate of drug-likeness (QED) is 0.413. The van der Waals surface area contributed by atoms with E-state index in [9.17, 15) is 14.4 Å². The van der Waals surface area contributed by atoms with Gasteiger partial charge in [0.25, 0.3) is 5.91 Å². The first-order valence-corrected chi connectivity index (χ1v) is 11.9. The molecule has 2 heterocycles. The van der Waals surface area contributed by atoms with Crippen molar-refractivity contribution in [2.75, 3.05) is 31.1 Å². The van der Waals surface area contributed by atoms with Gasteiger partial charge in [-0.05, 0) is 54.1 Å². The Bertz CT molecular complexity index is 1500. The highest BCUT2D eigenvalue weighted by Crippen LogP contribution is 2.20. The predicted octanol–water partition coefficient (Wildman–Crippen LogP) is 3.36. The van der Waals surface area contributed by atoms with E-state index in [1.807, 2.05) is 65.6 Å². The second kappa shape index (κ2) is 9.43. The Balaban J connectivity index is 1.29. The van der Waals surface area contributed by atoms with Crippen LogP contribution in [-0.4, -0.2) is 46.1 Å². The molecular weight excluding hydrogens is 464 g/mol. The zero-order valence-corrected chi connectivity index (χ0v) is 20.1. The minimum atomic E-state index is -0.565. The van der Waals surface area contributed by atoms with Gasteiger partial charge in [0.1, 0.15) is 0 Å². The van der Waals surface area contributed by atoms with Crippen LogP contribution in [0.1, 0.15) is 15.9 Å². The van der Waals surface area contributed by atoms with Crippen molar-refractivity contribution in [2.24, 2.45) is 7.05 Å². The van der Waals surface area contributed by atoms with Crippen LogP contribution in [0.3, 0.4) is 0 Å². The second-order valence-corrected chi connectivity index (χ2v) is 9.13. The number of aromatic nitrogens is 2. The van der Waals surface area contributed by atoms with Crippen LogP contribution in [0.5, 0.6) is 0 Å². The molecule has 0 spiro atoms. The summed E-state index contributed by atoms with van der Waals surface area (Å²) in [4.78, 5) is 42.3. The number of hydrogen-bond donors (Lipinski definition) is 0. The average molecular weight is 489 g/mol. The van der Waals surface area contributed by atoms with Gasteiger partial charge in [0.15, 0.2) is 0 Å². The number of hydrogen-bond acceptors (Lipinski definition) is 4. The summed E-state index contributed by atoms with van der Waals surface area (Å²) in [6.45, 7) is 3.04. The Morgan fingerprint density at radius 1 is 0.800 bits per heavy atom. The van der Waals surface area contributed by atoms with Crippen LogP contribution in [0.4, 0.5) is 5.69 Å². The highest BCUT2D eigenvalue weighted by atomic mass is 35.5. The summed E-state index contributed by atoms with van der Waals surface area (Å²) in [5.41, 5.74) is 2.81. The van der Waals surface area contributed by atoms with Crippen molar-refractivity contribution >= 4 is 34.2 Å². The fraction of sp³-hybridized carbons (Fsp3) is 0.222. The van der Waals surface area contributed by atoms with Gasteiger partial charge in [-0.3, -0.25) is 19.0 Å². The molecule has 1 saturated heterocycles. The van der Waals surface area contributed by atoms with Crippen LogP contribution >= 0.6 is 11.6 Å². The minimum absolute atomic E-state index is 0.0106. The number of carbonyl (C=O) groups excluding carboxylic acids is 1. The molecule has 4 aromatic rings. The van der Waals surface area contributed by atoms with Crippen molar-refractivity contribution in [1.82, 2.24) is 14.0 Å². The molecule has 1 fully saturated rings. The summed E-state index contributed by atoms with van der Waals surface area (Å²) in [6, 6.07) is 22.3. The summed E-state index contributed by atoms with van der Waals surface area (Å²) in [7, 11) is 1.60. The van der Waals surface area contributed by atoms with E-state index in [0.29, 0.717) is 34.7 Å². The zero-order valence-electron chi connectivity index (χ0n) is 19.4. The summed E-state index contributed by atoms with van der Waals surface area (Å²) in [5.74, 6) is -0.0106. The summed E-state index contributed by atoms with van der Waals surface area (Å²) in [6.07, 6.45) is 0. The highest BCUT2D eigenvalue weighted by molar-refractivity contribution is 6.30. The van der Waals surface area contributed by atoms with Crippen molar-refractivity contribution in [3.05, 3.63) is 110 Å². The lowest BCUT2D eigenvalue weighted by atomic mass is 10.1. The molecule has 0 unspecified atom stereocenters. The summed E-state index contributed by atoms with van der Waals surface area (Å²) < 4.78 is 2.87. The number of carbonyl (C=O) groups is 1. The monoisotopic (exact) mass is 488 g/mol. The molecule has 35 heavy (non-hydrogen) atoms. The first-order chi connectivity index (χ1) is 16.9. The number of fused-ring (bicyclic) bond motifs is 1. The topological polar surface area (TPSA) is 67.5 Å². The molecule has 7 nitrogen and oxygen atoms in total. The van der Waals surface area contributed by atoms with E-state index in [1.165, 1.54) is 9.13 Å². The van der Waals surface area contributed by atoms with E-state index in [1.54, 1.807) is 19.2 Å². The second-order valence-electron chi connectivity index (χ2n) is 8.70. The molecule has 0 atom stereocenters. The van der Waals surface area contributed by atoms with Crippen molar-refractivity contribution in [1.29, 1.82) is 0 Å². The van der Waals surface area contributed by atoms with Crippen LogP contribution in [0.15, 0.2) is 82.4 Å². The number of aryl methyl sites for hydroxylation is 1. The van der Waals surface area contributed by atoms with Gasteiger partial charge in [0.05, 0.1) is 17.6 Å². The van der Waals surface area contributed by atoms with Crippen molar-refractivity contribution in [2.45, 2.75) is 6.54 Å². The van der Waals surface area contributed by atoms with E-state index in [-0.39, 0.29) is 12.5 Å². The van der Waals surface area contributed by atoms with Crippen molar-refractivity contribution in [3.63, 3.8) is 0 Å². The Kier molecular flexibility index (Phi) is 6.17. The summed E-state index contributed by atoms with van der Waals surface area (Å²) in [5, 5.41) is 0.707. The Morgan fingerprint density at radius 2 is 1.43 bits per heavy atom. The van der Waals surface area contributed by atoms with Crippen molar-refractivity contribution in [3.8, 4) is 0 Å². The lowest BCUT2D eigenvalue weighted by Gasteiger charge is -2.36. The molecule has 1 aromatic heterocycles. The lowest BCUT2D eigenvalue weighted by Crippen LogP contribution is -2.48. The molecule has 178 valence electrons. The smallest absolute Gasteiger partial charge is 0.317 e.